The molecule has 1 aromatic rings. The zero-order chi connectivity index (χ0) is 14.5. The first kappa shape index (κ1) is 14.7. The molecule has 0 spiro atoms. The van der Waals surface area contributed by atoms with Crippen molar-refractivity contribution < 1.29 is 4.79 Å². The highest BCUT2D eigenvalue weighted by atomic mass is 32.2. The molecule has 2 aliphatic rings. The molecule has 2 heterocycles. The van der Waals surface area contributed by atoms with Crippen LogP contribution < -0.4 is 10.2 Å². The van der Waals surface area contributed by atoms with Gasteiger partial charge in [-0.1, -0.05) is 18.9 Å². The second-order valence-corrected chi connectivity index (χ2v) is 7.19. The van der Waals surface area contributed by atoms with Crippen LogP contribution in [0.5, 0.6) is 0 Å². The van der Waals surface area contributed by atoms with Gasteiger partial charge >= 0.3 is 0 Å². The summed E-state index contributed by atoms with van der Waals surface area (Å²) in [5, 5.41) is 3.89. The zero-order valence-corrected chi connectivity index (χ0v) is 13.1. The predicted molar refractivity (Wildman–Crippen MR) is 87.7 cm³/mol. The molecule has 4 nitrogen and oxygen atoms in total. The van der Waals surface area contributed by atoms with Crippen molar-refractivity contribution in [1.82, 2.24) is 10.3 Å². The number of nitrogens with one attached hydrogen (secondary N) is 1. The Morgan fingerprint density at radius 3 is 2.95 bits per heavy atom. The molecule has 3 rings (SSSR count). The van der Waals surface area contributed by atoms with E-state index in [0.717, 1.165) is 25.3 Å². The zero-order valence-electron chi connectivity index (χ0n) is 12.3. The van der Waals surface area contributed by atoms with Crippen molar-refractivity contribution in [3.8, 4) is 0 Å². The van der Waals surface area contributed by atoms with Gasteiger partial charge in [-0.05, 0) is 31.4 Å². The second kappa shape index (κ2) is 7.16. The summed E-state index contributed by atoms with van der Waals surface area (Å²) in [5.41, 5.74) is 0. The van der Waals surface area contributed by atoms with Gasteiger partial charge in [0.25, 0.3) is 0 Å². The Balaban J connectivity index is 1.41. The van der Waals surface area contributed by atoms with E-state index in [1.165, 1.54) is 25.7 Å². The van der Waals surface area contributed by atoms with Gasteiger partial charge in [0, 0.05) is 30.6 Å². The van der Waals surface area contributed by atoms with Crippen molar-refractivity contribution in [2.75, 3.05) is 23.7 Å². The number of anilines is 1. The standard InChI is InChI=1S/C16H23N3OS/c20-16(12-21-14-5-1-2-6-14)18-13-8-10-19(11-13)15-7-3-4-9-17-15/h3-4,7,9,13-14H,1-2,5-6,8,10-12H2,(H,18,20). The van der Waals surface area contributed by atoms with Crippen LogP contribution in [0.2, 0.25) is 0 Å². The average molecular weight is 305 g/mol. The summed E-state index contributed by atoms with van der Waals surface area (Å²) in [4.78, 5) is 18.6. The van der Waals surface area contributed by atoms with Crippen LogP contribution in [0.15, 0.2) is 24.4 Å². The molecule has 5 heteroatoms. The van der Waals surface area contributed by atoms with Gasteiger partial charge in [-0.25, -0.2) is 4.98 Å². The minimum atomic E-state index is 0.194. The number of thioether (sulfide) groups is 1. The van der Waals surface area contributed by atoms with Gasteiger partial charge in [0.15, 0.2) is 0 Å². The Bertz CT molecular complexity index is 462. The van der Waals surface area contributed by atoms with Crippen LogP contribution in [-0.4, -0.2) is 41.0 Å². The van der Waals surface area contributed by atoms with Gasteiger partial charge in [0.2, 0.25) is 5.91 Å². The number of carbonyl (C=O) groups excluding carboxylic acids is 1. The molecule has 1 atom stereocenters. The van der Waals surface area contributed by atoms with E-state index in [1.807, 2.05) is 36.2 Å². The predicted octanol–water partition coefficient (Wildman–Crippen LogP) is 2.45. The quantitative estimate of drug-likeness (QED) is 0.907. The molecule has 1 N–H and O–H groups in total. The lowest BCUT2D eigenvalue weighted by atomic mass is 10.2. The highest BCUT2D eigenvalue weighted by Gasteiger charge is 2.25. The third-order valence-electron chi connectivity index (χ3n) is 4.28. The molecule has 0 aromatic carbocycles. The summed E-state index contributed by atoms with van der Waals surface area (Å²) in [6.07, 6.45) is 8.07. The Morgan fingerprint density at radius 1 is 1.33 bits per heavy atom. The van der Waals surface area contributed by atoms with E-state index in [9.17, 15) is 4.79 Å². The first-order valence-corrected chi connectivity index (χ1v) is 8.93. The largest absolute Gasteiger partial charge is 0.354 e. The van der Waals surface area contributed by atoms with E-state index < -0.39 is 0 Å². The van der Waals surface area contributed by atoms with Crippen molar-refractivity contribution in [3.63, 3.8) is 0 Å². The van der Waals surface area contributed by atoms with E-state index in [0.29, 0.717) is 11.0 Å². The molecular formula is C16H23N3OS. The van der Waals surface area contributed by atoms with Crippen molar-refractivity contribution in [1.29, 1.82) is 0 Å². The number of pyridine rings is 1. The maximum absolute atomic E-state index is 12.0. The van der Waals surface area contributed by atoms with Crippen LogP contribution in [0.25, 0.3) is 0 Å². The fourth-order valence-electron chi connectivity index (χ4n) is 3.14. The molecule has 1 amide bonds. The van der Waals surface area contributed by atoms with Crippen LogP contribution in [0, 0.1) is 0 Å². The molecule has 0 bridgehead atoms. The summed E-state index contributed by atoms with van der Waals surface area (Å²) in [5.74, 6) is 1.82. The number of carbonyl (C=O) groups is 1. The van der Waals surface area contributed by atoms with E-state index in [4.69, 9.17) is 0 Å². The molecular weight excluding hydrogens is 282 g/mol. The Hall–Kier alpha value is -1.23. The molecule has 2 fully saturated rings. The molecule has 0 radical (unpaired) electrons. The van der Waals surface area contributed by atoms with E-state index in [-0.39, 0.29) is 11.9 Å². The number of aromatic nitrogens is 1. The Kier molecular flexibility index (Phi) is 5.01. The van der Waals surface area contributed by atoms with Crippen LogP contribution in [0.4, 0.5) is 5.82 Å². The lowest BCUT2D eigenvalue weighted by Crippen LogP contribution is -2.38. The Morgan fingerprint density at radius 2 is 2.19 bits per heavy atom. The monoisotopic (exact) mass is 305 g/mol. The third-order valence-corrected chi connectivity index (χ3v) is 5.65. The van der Waals surface area contributed by atoms with Gasteiger partial charge in [-0.3, -0.25) is 4.79 Å². The number of hydrogen-bond acceptors (Lipinski definition) is 4. The fraction of sp³-hybridized carbons (Fsp3) is 0.625. The Labute approximate surface area is 130 Å². The van der Waals surface area contributed by atoms with Crippen molar-refractivity contribution in [3.05, 3.63) is 24.4 Å². The maximum atomic E-state index is 12.0. The minimum absolute atomic E-state index is 0.194. The van der Waals surface area contributed by atoms with Gasteiger partial charge in [0.1, 0.15) is 5.82 Å². The summed E-state index contributed by atoms with van der Waals surface area (Å²) in [6, 6.07) is 6.23. The van der Waals surface area contributed by atoms with Crippen LogP contribution >= 0.6 is 11.8 Å². The SMILES string of the molecule is O=C(CSC1CCCC1)NC1CCN(c2ccccn2)C1. The van der Waals surface area contributed by atoms with Crippen molar-refractivity contribution in [2.45, 2.75) is 43.4 Å². The maximum Gasteiger partial charge on any atom is 0.230 e. The first-order chi connectivity index (χ1) is 10.3. The highest BCUT2D eigenvalue weighted by Crippen LogP contribution is 2.29. The topological polar surface area (TPSA) is 45.2 Å². The molecule has 1 saturated heterocycles. The first-order valence-electron chi connectivity index (χ1n) is 7.88. The molecule has 114 valence electrons. The molecule has 1 aromatic heterocycles. The summed E-state index contributed by atoms with van der Waals surface area (Å²) >= 11 is 1.83. The molecule has 1 aliphatic heterocycles. The van der Waals surface area contributed by atoms with Crippen molar-refractivity contribution >= 4 is 23.5 Å². The number of rotatable bonds is 5. The molecule has 1 unspecified atom stereocenters. The van der Waals surface area contributed by atoms with Gasteiger partial charge < -0.3 is 10.2 Å². The smallest absolute Gasteiger partial charge is 0.230 e. The van der Waals surface area contributed by atoms with Gasteiger partial charge in [-0.2, -0.15) is 0 Å². The van der Waals surface area contributed by atoms with Crippen LogP contribution in [0.3, 0.4) is 0 Å². The fourth-order valence-corrected chi connectivity index (χ4v) is 4.28. The normalized spacial score (nSPS) is 22.7. The molecule has 1 saturated carbocycles. The molecule has 21 heavy (non-hydrogen) atoms. The van der Waals surface area contributed by atoms with Crippen LogP contribution in [0.1, 0.15) is 32.1 Å². The highest BCUT2D eigenvalue weighted by molar-refractivity contribution is 8.00. The number of amides is 1. The third kappa shape index (κ3) is 4.13. The lowest BCUT2D eigenvalue weighted by Gasteiger charge is -2.18. The van der Waals surface area contributed by atoms with Crippen LogP contribution in [-0.2, 0) is 4.79 Å². The molecule has 1 aliphatic carbocycles. The van der Waals surface area contributed by atoms with Crippen molar-refractivity contribution in [2.24, 2.45) is 0 Å². The average Bonchev–Trinajstić information content (AvgIpc) is 3.17. The van der Waals surface area contributed by atoms with E-state index in [2.05, 4.69) is 15.2 Å². The number of hydrogen-bond donors (Lipinski definition) is 1. The van der Waals surface area contributed by atoms with E-state index in [1.54, 1.807) is 0 Å². The second-order valence-electron chi connectivity index (χ2n) is 5.90. The lowest BCUT2D eigenvalue weighted by molar-refractivity contribution is -0.119. The summed E-state index contributed by atoms with van der Waals surface area (Å²) < 4.78 is 0. The minimum Gasteiger partial charge on any atom is -0.354 e. The van der Waals surface area contributed by atoms with E-state index >= 15 is 0 Å². The van der Waals surface area contributed by atoms with Gasteiger partial charge in [-0.15, -0.1) is 11.8 Å². The number of nitrogens with zero attached hydrogens (tertiary/aromatic N) is 2. The summed E-state index contributed by atoms with van der Waals surface area (Å²) in [7, 11) is 0. The van der Waals surface area contributed by atoms with Gasteiger partial charge in [0.05, 0.1) is 5.75 Å². The summed E-state index contributed by atoms with van der Waals surface area (Å²) in [6.45, 7) is 1.84.